The number of nitrogens with one attached hydrogen (secondary N) is 1. The van der Waals surface area contributed by atoms with Crippen molar-refractivity contribution < 1.29 is 4.74 Å². The fraction of sp³-hybridized carbons (Fsp3) is 0.818. The van der Waals surface area contributed by atoms with Gasteiger partial charge in [0.2, 0.25) is 5.13 Å². The van der Waals surface area contributed by atoms with Gasteiger partial charge in [0, 0.05) is 19.7 Å². The van der Waals surface area contributed by atoms with Gasteiger partial charge in [-0.1, -0.05) is 18.3 Å². The van der Waals surface area contributed by atoms with E-state index in [1.807, 2.05) is 0 Å². The number of methoxy groups -OCH3 is 1. The zero-order valence-corrected chi connectivity index (χ0v) is 11.9. The van der Waals surface area contributed by atoms with Gasteiger partial charge >= 0.3 is 0 Å². The lowest BCUT2D eigenvalue weighted by Crippen LogP contribution is -2.35. The van der Waals surface area contributed by atoms with Crippen molar-refractivity contribution in [2.75, 3.05) is 32.1 Å². The van der Waals surface area contributed by atoms with Crippen LogP contribution in [0.2, 0.25) is 0 Å². The minimum absolute atomic E-state index is 0.400. The highest BCUT2D eigenvalue weighted by molar-refractivity contribution is 7.15. The van der Waals surface area contributed by atoms with E-state index >= 15 is 0 Å². The Morgan fingerprint density at radius 1 is 1.41 bits per heavy atom. The molecule has 0 aliphatic rings. The lowest BCUT2D eigenvalue weighted by Gasteiger charge is -2.25. The molecule has 0 spiro atoms. The van der Waals surface area contributed by atoms with Gasteiger partial charge in [-0.25, -0.2) is 0 Å². The number of hydrogen-bond acceptors (Lipinski definition) is 6. The molecule has 1 aromatic rings. The van der Waals surface area contributed by atoms with Gasteiger partial charge in [-0.3, -0.25) is 4.90 Å². The normalized spacial score (nSPS) is 13.0. The summed E-state index contributed by atoms with van der Waals surface area (Å²) in [4.78, 5) is 2.33. The first-order chi connectivity index (χ1) is 8.21. The Morgan fingerprint density at radius 3 is 2.76 bits per heavy atom. The third kappa shape index (κ3) is 4.57. The summed E-state index contributed by atoms with van der Waals surface area (Å²) in [7, 11) is 1.73. The Morgan fingerprint density at radius 2 is 2.18 bits per heavy atom. The fourth-order valence-electron chi connectivity index (χ4n) is 1.64. The zero-order valence-electron chi connectivity index (χ0n) is 11.1. The molecular formula is C11H22N4OS. The number of likely N-dealkylation sites (N-methyl/N-ethyl adjacent to an activating group) is 1. The number of ether oxygens (including phenoxy) is 1. The predicted octanol–water partition coefficient (Wildman–Crippen LogP) is 1.83. The summed E-state index contributed by atoms with van der Waals surface area (Å²) in [6.45, 7) is 9.82. The van der Waals surface area contributed by atoms with Crippen LogP contribution in [0.25, 0.3) is 0 Å². The van der Waals surface area contributed by atoms with Gasteiger partial charge < -0.3 is 10.1 Å². The van der Waals surface area contributed by atoms with Crippen molar-refractivity contribution in [1.29, 1.82) is 0 Å². The number of rotatable bonds is 8. The second-order valence-electron chi connectivity index (χ2n) is 3.90. The summed E-state index contributed by atoms with van der Waals surface area (Å²) in [6, 6.07) is 0.400. The van der Waals surface area contributed by atoms with E-state index in [2.05, 4.69) is 41.2 Å². The van der Waals surface area contributed by atoms with Crippen LogP contribution in [0.3, 0.4) is 0 Å². The van der Waals surface area contributed by atoms with Gasteiger partial charge in [0.25, 0.3) is 0 Å². The predicted molar refractivity (Wildman–Crippen MR) is 71.5 cm³/mol. The van der Waals surface area contributed by atoms with E-state index in [0.29, 0.717) is 6.04 Å². The van der Waals surface area contributed by atoms with E-state index in [1.54, 1.807) is 18.4 Å². The molecule has 1 unspecified atom stereocenters. The van der Waals surface area contributed by atoms with Gasteiger partial charge in [0.15, 0.2) is 0 Å². The number of hydrogen-bond donors (Lipinski definition) is 1. The zero-order chi connectivity index (χ0) is 12.7. The fourth-order valence-corrected chi connectivity index (χ4v) is 2.47. The highest BCUT2D eigenvalue weighted by Crippen LogP contribution is 2.17. The Labute approximate surface area is 107 Å². The van der Waals surface area contributed by atoms with Crippen LogP contribution in [0.4, 0.5) is 5.13 Å². The Kier molecular flexibility index (Phi) is 6.39. The van der Waals surface area contributed by atoms with E-state index < -0.39 is 0 Å². The summed E-state index contributed by atoms with van der Waals surface area (Å²) in [6.07, 6.45) is 0. The van der Waals surface area contributed by atoms with Crippen molar-refractivity contribution in [3.63, 3.8) is 0 Å². The SMILES string of the molecule is CCNc1nnc(CN(CC)C(C)COC)s1. The van der Waals surface area contributed by atoms with Gasteiger partial charge in [0.05, 0.1) is 13.2 Å². The van der Waals surface area contributed by atoms with Gasteiger partial charge in [-0.05, 0) is 20.4 Å². The topological polar surface area (TPSA) is 50.3 Å². The molecule has 0 aromatic carbocycles. The van der Waals surface area contributed by atoms with Crippen LogP contribution in [0, 0.1) is 0 Å². The maximum absolute atomic E-state index is 5.18. The first kappa shape index (κ1) is 14.3. The maximum Gasteiger partial charge on any atom is 0.205 e. The second-order valence-corrected chi connectivity index (χ2v) is 4.96. The van der Waals surface area contributed by atoms with E-state index in [0.717, 1.165) is 36.4 Å². The van der Waals surface area contributed by atoms with Crippen LogP contribution in [0.1, 0.15) is 25.8 Å². The van der Waals surface area contributed by atoms with E-state index in [1.165, 1.54) is 0 Å². The summed E-state index contributed by atoms with van der Waals surface area (Å²) in [5.41, 5.74) is 0. The number of nitrogens with zero attached hydrogens (tertiary/aromatic N) is 3. The Balaban J connectivity index is 2.54. The smallest absolute Gasteiger partial charge is 0.205 e. The van der Waals surface area contributed by atoms with Crippen LogP contribution in [-0.4, -0.2) is 47.9 Å². The van der Waals surface area contributed by atoms with E-state index in [-0.39, 0.29) is 0 Å². The second kappa shape index (κ2) is 7.58. The molecule has 0 aliphatic heterocycles. The van der Waals surface area contributed by atoms with Gasteiger partial charge in [0.1, 0.15) is 5.01 Å². The lowest BCUT2D eigenvalue weighted by molar-refractivity contribution is 0.0980. The number of anilines is 1. The molecule has 1 rings (SSSR count). The lowest BCUT2D eigenvalue weighted by atomic mass is 10.3. The monoisotopic (exact) mass is 258 g/mol. The molecule has 5 nitrogen and oxygen atoms in total. The molecule has 0 amide bonds. The molecule has 0 aliphatic carbocycles. The third-order valence-electron chi connectivity index (χ3n) is 2.57. The summed E-state index contributed by atoms with van der Waals surface area (Å²) in [5, 5.41) is 13.4. The van der Waals surface area contributed by atoms with Gasteiger partial charge in [-0.2, -0.15) is 0 Å². The first-order valence-electron chi connectivity index (χ1n) is 6.00. The maximum atomic E-state index is 5.18. The minimum atomic E-state index is 0.400. The molecule has 1 heterocycles. The summed E-state index contributed by atoms with van der Waals surface area (Å²) in [5.74, 6) is 0. The average Bonchev–Trinajstić information content (AvgIpc) is 2.74. The van der Waals surface area contributed by atoms with Crippen molar-refractivity contribution in [2.24, 2.45) is 0 Å². The van der Waals surface area contributed by atoms with Crippen LogP contribution < -0.4 is 5.32 Å². The largest absolute Gasteiger partial charge is 0.383 e. The van der Waals surface area contributed by atoms with Crippen molar-refractivity contribution in [2.45, 2.75) is 33.4 Å². The van der Waals surface area contributed by atoms with Crippen LogP contribution in [-0.2, 0) is 11.3 Å². The van der Waals surface area contributed by atoms with E-state index in [9.17, 15) is 0 Å². The number of aromatic nitrogens is 2. The molecule has 1 N–H and O–H groups in total. The van der Waals surface area contributed by atoms with Crippen LogP contribution in [0.5, 0.6) is 0 Å². The highest BCUT2D eigenvalue weighted by Gasteiger charge is 2.14. The quantitative estimate of drug-likeness (QED) is 0.771. The van der Waals surface area contributed by atoms with Crippen molar-refractivity contribution in [3.8, 4) is 0 Å². The standard InChI is InChI=1S/C11H22N4OS/c1-5-12-11-14-13-10(17-11)7-15(6-2)9(3)8-16-4/h9H,5-8H2,1-4H3,(H,12,14). The molecule has 98 valence electrons. The Bertz CT molecular complexity index is 318. The van der Waals surface area contributed by atoms with Crippen LogP contribution in [0.15, 0.2) is 0 Å². The van der Waals surface area contributed by atoms with E-state index in [4.69, 9.17) is 4.74 Å². The summed E-state index contributed by atoms with van der Waals surface area (Å²) >= 11 is 1.62. The molecule has 17 heavy (non-hydrogen) atoms. The van der Waals surface area contributed by atoms with Gasteiger partial charge in [-0.15, -0.1) is 10.2 Å². The Hall–Kier alpha value is -0.720. The molecule has 0 saturated heterocycles. The first-order valence-corrected chi connectivity index (χ1v) is 6.82. The van der Waals surface area contributed by atoms with Crippen LogP contribution >= 0.6 is 11.3 Å². The third-order valence-corrected chi connectivity index (χ3v) is 3.44. The van der Waals surface area contributed by atoms with Crippen molar-refractivity contribution in [3.05, 3.63) is 5.01 Å². The molecule has 1 aromatic heterocycles. The average molecular weight is 258 g/mol. The van der Waals surface area contributed by atoms with Crippen molar-refractivity contribution >= 4 is 16.5 Å². The molecule has 6 heteroatoms. The minimum Gasteiger partial charge on any atom is -0.383 e. The molecule has 0 radical (unpaired) electrons. The molecule has 0 saturated carbocycles. The molecule has 0 bridgehead atoms. The molecule has 0 fully saturated rings. The van der Waals surface area contributed by atoms with Crippen molar-refractivity contribution in [1.82, 2.24) is 15.1 Å². The molecular weight excluding hydrogens is 236 g/mol. The molecule has 1 atom stereocenters. The summed E-state index contributed by atoms with van der Waals surface area (Å²) < 4.78 is 5.18. The highest BCUT2D eigenvalue weighted by atomic mass is 32.1.